The van der Waals surface area contributed by atoms with Crippen LogP contribution in [0.5, 0.6) is 5.75 Å². The summed E-state index contributed by atoms with van der Waals surface area (Å²) in [6.07, 6.45) is 5.74. The molecule has 9 nitrogen and oxygen atoms in total. The summed E-state index contributed by atoms with van der Waals surface area (Å²) >= 11 is 0. The number of hydrogen-bond acceptors (Lipinski definition) is 7. The van der Waals surface area contributed by atoms with Crippen molar-refractivity contribution in [3.8, 4) is 17.3 Å². The van der Waals surface area contributed by atoms with E-state index < -0.39 is 0 Å². The third kappa shape index (κ3) is 4.07. The first-order valence-electron chi connectivity index (χ1n) is 11.2. The predicted molar refractivity (Wildman–Crippen MR) is 129 cm³/mol. The Kier molecular flexibility index (Phi) is 5.86. The maximum atomic E-state index is 14.3. The van der Waals surface area contributed by atoms with Crippen molar-refractivity contribution in [2.45, 2.75) is 32.7 Å². The number of rotatable bonds is 6. The zero-order chi connectivity index (χ0) is 24.5. The summed E-state index contributed by atoms with van der Waals surface area (Å²) in [5, 5.41) is 4.77. The number of pyridine rings is 1. The Morgan fingerprint density at radius 3 is 2.66 bits per heavy atom. The maximum Gasteiger partial charge on any atom is 0.229 e. The molecule has 0 saturated heterocycles. The second kappa shape index (κ2) is 9.13. The molecule has 0 radical (unpaired) electrons. The van der Waals surface area contributed by atoms with Gasteiger partial charge in [-0.2, -0.15) is 5.10 Å². The van der Waals surface area contributed by atoms with Crippen molar-refractivity contribution in [2.75, 3.05) is 17.7 Å². The van der Waals surface area contributed by atoms with Gasteiger partial charge in [-0.15, -0.1) is 0 Å². The number of anilines is 3. The van der Waals surface area contributed by atoms with E-state index in [1.807, 2.05) is 4.68 Å². The molecule has 1 aliphatic rings. The number of carbonyl (C=O) groups is 1. The van der Waals surface area contributed by atoms with Gasteiger partial charge in [0.05, 0.1) is 19.3 Å². The number of methoxy groups -OCH3 is 1. The Balaban J connectivity index is 1.64. The molecule has 5 rings (SSSR count). The number of ether oxygens (including phenoxy) is 1. The first kappa shape index (κ1) is 22.5. The van der Waals surface area contributed by atoms with Crippen LogP contribution in [0.2, 0.25) is 0 Å². The van der Waals surface area contributed by atoms with Gasteiger partial charge in [-0.25, -0.2) is 14.4 Å². The summed E-state index contributed by atoms with van der Waals surface area (Å²) < 4.78 is 21.6. The molecule has 4 aromatic rings. The van der Waals surface area contributed by atoms with E-state index >= 15 is 0 Å². The Morgan fingerprint density at radius 1 is 1.17 bits per heavy atom. The van der Waals surface area contributed by atoms with Gasteiger partial charge in [0.1, 0.15) is 11.5 Å². The van der Waals surface area contributed by atoms with E-state index in [4.69, 9.17) is 20.6 Å². The van der Waals surface area contributed by atoms with Crippen molar-refractivity contribution in [2.24, 2.45) is 0 Å². The summed E-state index contributed by atoms with van der Waals surface area (Å²) in [5.41, 5.74) is 9.99. The van der Waals surface area contributed by atoms with Crippen LogP contribution in [0.1, 0.15) is 30.2 Å². The minimum Gasteiger partial charge on any atom is -0.490 e. The molecule has 10 heteroatoms. The van der Waals surface area contributed by atoms with Crippen molar-refractivity contribution < 1.29 is 13.9 Å². The van der Waals surface area contributed by atoms with Crippen molar-refractivity contribution in [3.63, 3.8) is 0 Å². The van der Waals surface area contributed by atoms with Crippen LogP contribution in [0.4, 0.5) is 21.7 Å². The molecular formula is C25H24FN7O2. The van der Waals surface area contributed by atoms with E-state index in [2.05, 4.69) is 9.97 Å². The molecule has 0 unspecified atom stereocenters. The number of fused-ring (bicyclic) bond motifs is 1. The van der Waals surface area contributed by atoms with Crippen molar-refractivity contribution in [1.82, 2.24) is 24.7 Å². The monoisotopic (exact) mass is 473 g/mol. The number of nitrogens with two attached hydrogens (primary N) is 1. The van der Waals surface area contributed by atoms with E-state index in [1.54, 1.807) is 42.7 Å². The smallest absolute Gasteiger partial charge is 0.229 e. The zero-order valence-corrected chi connectivity index (χ0v) is 19.4. The van der Waals surface area contributed by atoms with Crippen LogP contribution in [-0.2, 0) is 24.2 Å². The highest BCUT2D eigenvalue weighted by atomic mass is 19.1. The fourth-order valence-electron chi connectivity index (χ4n) is 4.46. The number of benzene rings is 1. The second-order valence-electron chi connectivity index (χ2n) is 8.23. The highest BCUT2D eigenvalue weighted by molar-refractivity contribution is 6.00. The second-order valence-corrected chi connectivity index (χ2v) is 8.23. The molecule has 1 aliphatic carbocycles. The standard InChI is InChI=1S/C25H24FN7O2/c1-15(34)33(17-10-12-28-13-11-17)25-22(35-2)23(27)29-24(30-25)21-18-7-5-9-20(18)32(31-21)14-16-6-3-4-8-19(16)26/h3-4,6,8,10-13H,5,7,9,14H2,1-2H3,(H2,27,29,30). The minimum atomic E-state index is -0.283. The molecule has 35 heavy (non-hydrogen) atoms. The lowest BCUT2D eigenvalue weighted by atomic mass is 10.2. The maximum absolute atomic E-state index is 14.3. The van der Waals surface area contributed by atoms with Gasteiger partial charge in [0.2, 0.25) is 11.7 Å². The van der Waals surface area contributed by atoms with Gasteiger partial charge in [-0.3, -0.25) is 19.4 Å². The van der Waals surface area contributed by atoms with E-state index in [0.29, 0.717) is 23.5 Å². The molecule has 0 spiro atoms. The van der Waals surface area contributed by atoms with E-state index in [1.165, 1.54) is 25.0 Å². The molecule has 2 N–H and O–H groups in total. The molecule has 0 atom stereocenters. The molecule has 0 bridgehead atoms. The molecule has 1 aromatic carbocycles. The topological polar surface area (TPSA) is 112 Å². The summed E-state index contributed by atoms with van der Waals surface area (Å²) in [6.45, 7) is 1.72. The van der Waals surface area contributed by atoms with Crippen molar-refractivity contribution >= 4 is 23.2 Å². The van der Waals surface area contributed by atoms with Crippen molar-refractivity contribution in [3.05, 3.63) is 71.4 Å². The average Bonchev–Trinajstić information content (AvgIpc) is 3.45. The first-order chi connectivity index (χ1) is 17.0. The largest absolute Gasteiger partial charge is 0.490 e. The van der Waals surface area contributed by atoms with Crippen LogP contribution in [0.3, 0.4) is 0 Å². The third-order valence-electron chi connectivity index (χ3n) is 6.02. The Hall–Kier alpha value is -4.34. The fraction of sp³-hybridized carbons (Fsp3) is 0.240. The number of amides is 1. The summed E-state index contributed by atoms with van der Waals surface area (Å²) in [7, 11) is 1.45. The lowest BCUT2D eigenvalue weighted by Gasteiger charge is -2.23. The molecule has 178 valence electrons. The number of nitrogens with zero attached hydrogens (tertiary/aromatic N) is 6. The predicted octanol–water partition coefficient (Wildman–Crippen LogP) is 3.69. The number of halogens is 1. The van der Waals surface area contributed by atoms with Gasteiger partial charge in [-0.05, 0) is 37.5 Å². The number of carbonyl (C=O) groups excluding carboxylic acids is 1. The van der Waals surface area contributed by atoms with Gasteiger partial charge in [0, 0.05) is 36.1 Å². The molecule has 0 fully saturated rings. The van der Waals surface area contributed by atoms with Crippen molar-refractivity contribution in [1.29, 1.82) is 0 Å². The lowest BCUT2D eigenvalue weighted by molar-refractivity contribution is -0.115. The summed E-state index contributed by atoms with van der Waals surface area (Å²) in [6, 6.07) is 10.0. The van der Waals surface area contributed by atoms with Crippen LogP contribution in [0.25, 0.3) is 11.5 Å². The summed E-state index contributed by atoms with van der Waals surface area (Å²) in [4.78, 5) is 27.3. The highest BCUT2D eigenvalue weighted by Crippen LogP contribution is 2.39. The van der Waals surface area contributed by atoms with Crippen LogP contribution >= 0.6 is 0 Å². The Labute approximate surface area is 201 Å². The minimum absolute atomic E-state index is 0.0863. The molecule has 3 aromatic heterocycles. The zero-order valence-electron chi connectivity index (χ0n) is 19.4. The average molecular weight is 474 g/mol. The highest BCUT2D eigenvalue weighted by Gasteiger charge is 2.29. The van der Waals surface area contributed by atoms with Crippen LogP contribution in [0, 0.1) is 5.82 Å². The van der Waals surface area contributed by atoms with Gasteiger partial charge in [0.25, 0.3) is 0 Å². The fourth-order valence-corrected chi connectivity index (χ4v) is 4.46. The normalized spacial score (nSPS) is 12.4. The molecule has 1 amide bonds. The van der Waals surface area contributed by atoms with E-state index in [9.17, 15) is 9.18 Å². The molecular weight excluding hydrogens is 449 g/mol. The number of nitrogen functional groups attached to an aromatic ring is 1. The quantitative estimate of drug-likeness (QED) is 0.455. The third-order valence-corrected chi connectivity index (χ3v) is 6.02. The van der Waals surface area contributed by atoms with Crippen LogP contribution < -0.4 is 15.4 Å². The molecule has 0 saturated carbocycles. The van der Waals surface area contributed by atoms with E-state index in [0.717, 1.165) is 30.5 Å². The lowest BCUT2D eigenvalue weighted by Crippen LogP contribution is -2.25. The van der Waals surface area contributed by atoms with Gasteiger partial charge < -0.3 is 10.5 Å². The first-order valence-corrected chi connectivity index (χ1v) is 11.2. The molecule has 3 heterocycles. The SMILES string of the molecule is COc1c(N)nc(-c2nn(Cc3ccccc3F)c3c2CCC3)nc1N(C(C)=O)c1ccncc1. The summed E-state index contributed by atoms with van der Waals surface area (Å²) in [5.74, 6) is 0.200. The van der Waals surface area contributed by atoms with Crippen LogP contribution in [0.15, 0.2) is 48.8 Å². The Bertz CT molecular complexity index is 1400. The molecule has 0 aliphatic heterocycles. The van der Waals surface area contributed by atoms with Gasteiger partial charge >= 0.3 is 0 Å². The Morgan fingerprint density at radius 2 is 1.94 bits per heavy atom. The van der Waals surface area contributed by atoms with Gasteiger partial charge in [-0.1, -0.05) is 18.2 Å². The van der Waals surface area contributed by atoms with Gasteiger partial charge in [0.15, 0.2) is 17.5 Å². The van der Waals surface area contributed by atoms with E-state index in [-0.39, 0.29) is 34.9 Å². The number of aromatic nitrogens is 5. The number of hydrogen-bond donors (Lipinski definition) is 1. The van der Waals surface area contributed by atoms with Crippen LogP contribution in [-0.4, -0.2) is 37.7 Å².